The largest absolute Gasteiger partial charge is 1.00 e. The fourth-order valence-electron chi connectivity index (χ4n) is 3.97. The molecule has 1 saturated carbocycles. The summed E-state index contributed by atoms with van der Waals surface area (Å²) in [6.45, 7) is 0. The van der Waals surface area contributed by atoms with Gasteiger partial charge in [0.15, 0.2) is 0 Å². The van der Waals surface area contributed by atoms with Gasteiger partial charge in [0, 0.05) is 17.5 Å². The summed E-state index contributed by atoms with van der Waals surface area (Å²) < 4.78 is 5.92. The topological polar surface area (TPSA) is 49.4 Å². The van der Waals surface area contributed by atoms with Crippen LogP contribution in [-0.4, -0.2) is 5.97 Å². The van der Waals surface area contributed by atoms with Gasteiger partial charge < -0.3 is 14.6 Å². The standard InChI is InChI=1S/C20H20O3.K/c21-20(22)19-15(13-6-2-1-3-7-13)10-11-18-16(19)12-14-8-4-5-9-17(14)23-18;/h4-5,8-11,13H,1-3,6-7,12H2,(H,21,22);/q;+1/p-1. The van der Waals surface area contributed by atoms with Crippen LogP contribution in [0.1, 0.15) is 65.1 Å². The third-order valence-corrected chi connectivity index (χ3v) is 5.11. The average molecular weight is 346 g/mol. The maximum atomic E-state index is 11.9. The number of carbonyl (C=O) groups excluding carboxylic acids is 1. The molecule has 0 saturated heterocycles. The molecule has 0 aromatic heterocycles. The van der Waals surface area contributed by atoms with Crippen LogP contribution in [-0.2, 0) is 6.42 Å². The summed E-state index contributed by atoms with van der Waals surface area (Å²) in [5.41, 5.74) is 3.10. The molecule has 0 bridgehead atoms. The van der Waals surface area contributed by atoms with Gasteiger partial charge >= 0.3 is 51.4 Å². The van der Waals surface area contributed by atoms with Crippen LogP contribution in [0.25, 0.3) is 0 Å². The van der Waals surface area contributed by atoms with E-state index in [4.69, 9.17) is 4.74 Å². The van der Waals surface area contributed by atoms with E-state index in [-0.39, 0.29) is 51.4 Å². The summed E-state index contributed by atoms with van der Waals surface area (Å²) in [5, 5.41) is 11.9. The van der Waals surface area contributed by atoms with Crippen LogP contribution in [0.15, 0.2) is 36.4 Å². The average Bonchev–Trinajstić information content (AvgIpc) is 2.59. The van der Waals surface area contributed by atoms with Gasteiger partial charge in [0.2, 0.25) is 0 Å². The van der Waals surface area contributed by atoms with Gasteiger partial charge in [-0.15, -0.1) is 0 Å². The van der Waals surface area contributed by atoms with E-state index in [1.165, 1.54) is 19.3 Å². The van der Waals surface area contributed by atoms with Gasteiger partial charge in [-0.1, -0.05) is 43.5 Å². The number of rotatable bonds is 2. The molecular formula is C20H19KO3. The normalized spacial score (nSPS) is 16.3. The number of hydrogen-bond donors (Lipinski definition) is 0. The second-order valence-corrected chi connectivity index (χ2v) is 6.52. The van der Waals surface area contributed by atoms with Crippen molar-refractivity contribution >= 4 is 5.97 Å². The van der Waals surface area contributed by atoms with E-state index < -0.39 is 5.97 Å². The first-order valence-electron chi connectivity index (χ1n) is 8.37. The Bertz CT molecular complexity index is 763. The molecule has 0 atom stereocenters. The smallest absolute Gasteiger partial charge is 0.545 e. The van der Waals surface area contributed by atoms with Crippen LogP contribution in [0.3, 0.4) is 0 Å². The number of carboxylic acids is 1. The number of carbonyl (C=O) groups is 1. The summed E-state index contributed by atoms with van der Waals surface area (Å²) in [6, 6.07) is 11.7. The zero-order valence-corrected chi connectivity index (χ0v) is 17.1. The predicted molar refractivity (Wildman–Crippen MR) is 85.9 cm³/mol. The Morgan fingerprint density at radius 3 is 2.50 bits per heavy atom. The molecule has 0 amide bonds. The van der Waals surface area contributed by atoms with E-state index >= 15 is 0 Å². The molecule has 4 heteroatoms. The maximum Gasteiger partial charge on any atom is 1.00 e. The summed E-state index contributed by atoms with van der Waals surface area (Å²) in [6.07, 6.45) is 6.32. The monoisotopic (exact) mass is 346 g/mol. The molecule has 2 aromatic carbocycles. The maximum absolute atomic E-state index is 11.9. The minimum atomic E-state index is -1.08. The quantitative estimate of drug-likeness (QED) is 0.645. The molecular weight excluding hydrogens is 327 g/mol. The Balaban J connectivity index is 0.00000169. The molecule has 24 heavy (non-hydrogen) atoms. The summed E-state index contributed by atoms with van der Waals surface area (Å²) >= 11 is 0. The fraction of sp³-hybridized carbons (Fsp3) is 0.350. The molecule has 2 aliphatic rings. The van der Waals surface area contributed by atoms with Crippen molar-refractivity contribution in [2.75, 3.05) is 0 Å². The van der Waals surface area contributed by atoms with E-state index in [0.717, 1.165) is 35.3 Å². The molecule has 2 aromatic rings. The van der Waals surface area contributed by atoms with Gasteiger partial charge in [-0.25, -0.2) is 0 Å². The van der Waals surface area contributed by atoms with Crippen molar-refractivity contribution in [3.8, 4) is 11.5 Å². The number of fused-ring (bicyclic) bond motifs is 2. The van der Waals surface area contributed by atoms with E-state index in [1.807, 2.05) is 36.4 Å². The molecule has 3 nitrogen and oxygen atoms in total. The van der Waals surface area contributed by atoms with Crippen LogP contribution in [0.2, 0.25) is 0 Å². The number of benzene rings is 2. The third kappa shape index (κ3) is 3.35. The summed E-state index contributed by atoms with van der Waals surface area (Å²) in [4.78, 5) is 11.9. The van der Waals surface area contributed by atoms with Gasteiger partial charge in [-0.2, -0.15) is 0 Å². The molecule has 1 fully saturated rings. The van der Waals surface area contributed by atoms with E-state index in [1.54, 1.807) is 0 Å². The van der Waals surface area contributed by atoms with E-state index in [0.29, 0.717) is 23.7 Å². The summed E-state index contributed by atoms with van der Waals surface area (Å²) in [7, 11) is 0. The van der Waals surface area contributed by atoms with Crippen LogP contribution < -0.4 is 61.2 Å². The second kappa shape index (κ2) is 7.71. The number of aromatic carboxylic acids is 1. The Morgan fingerprint density at radius 2 is 1.75 bits per heavy atom. The van der Waals surface area contributed by atoms with E-state index in [9.17, 15) is 9.90 Å². The number of carboxylic acid groups (broad SMARTS) is 1. The zero-order chi connectivity index (χ0) is 15.8. The summed E-state index contributed by atoms with van der Waals surface area (Å²) in [5.74, 6) is 0.724. The van der Waals surface area contributed by atoms with Crippen molar-refractivity contribution in [3.05, 3.63) is 58.7 Å². The van der Waals surface area contributed by atoms with Crippen molar-refractivity contribution in [1.29, 1.82) is 0 Å². The minimum Gasteiger partial charge on any atom is -0.545 e. The molecule has 0 unspecified atom stereocenters. The molecule has 1 aliphatic carbocycles. The number of ether oxygens (including phenoxy) is 1. The van der Waals surface area contributed by atoms with Gasteiger partial charge in [0.05, 0.1) is 5.97 Å². The first-order valence-corrected chi connectivity index (χ1v) is 8.37. The van der Waals surface area contributed by atoms with Crippen LogP contribution in [0.4, 0.5) is 0 Å². The van der Waals surface area contributed by atoms with Crippen molar-refractivity contribution in [2.24, 2.45) is 0 Å². The van der Waals surface area contributed by atoms with Gasteiger partial charge in [-0.05, 0) is 42.0 Å². The van der Waals surface area contributed by atoms with Crippen molar-refractivity contribution in [2.45, 2.75) is 44.4 Å². The second-order valence-electron chi connectivity index (χ2n) is 6.52. The molecule has 0 spiro atoms. The number of para-hydroxylation sites is 1. The predicted octanol–water partition coefficient (Wildman–Crippen LogP) is 0.798. The molecule has 118 valence electrons. The Morgan fingerprint density at radius 1 is 1.00 bits per heavy atom. The van der Waals surface area contributed by atoms with Crippen LogP contribution in [0.5, 0.6) is 11.5 Å². The van der Waals surface area contributed by atoms with E-state index in [2.05, 4.69) is 0 Å². The van der Waals surface area contributed by atoms with Crippen LogP contribution in [0, 0.1) is 0 Å². The first-order chi connectivity index (χ1) is 11.2. The Labute approximate surface area is 184 Å². The first kappa shape index (κ1) is 18.1. The molecule has 1 heterocycles. The molecule has 0 N–H and O–H groups in total. The van der Waals surface area contributed by atoms with Crippen molar-refractivity contribution in [3.63, 3.8) is 0 Å². The molecule has 1 aliphatic heterocycles. The third-order valence-electron chi connectivity index (χ3n) is 5.11. The van der Waals surface area contributed by atoms with Gasteiger partial charge in [0.25, 0.3) is 0 Å². The van der Waals surface area contributed by atoms with Crippen molar-refractivity contribution < 1.29 is 66.0 Å². The minimum absolute atomic E-state index is 0. The molecule has 4 rings (SSSR count). The zero-order valence-electron chi connectivity index (χ0n) is 14.0. The van der Waals surface area contributed by atoms with Gasteiger partial charge in [0.1, 0.15) is 11.5 Å². The van der Waals surface area contributed by atoms with Gasteiger partial charge in [-0.3, -0.25) is 0 Å². The Kier molecular flexibility index (Phi) is 5.83. The van der Waals surface area contributed by atoms with Crippen molar-refractivity contribution in [1.82, 2.24) is 0 Å². The SMILES string of the molecule is O=C([O-])c1c(C2CCCCC2)ccc2c1Cc1ccccc1O2.[K+]. The fourth-order valence-corrected chi connectivity index (χ4v) is 3.97. The number of hydrogen-bond acceptors (Lipinski definition) is 3. The molecule has 0 radical (unpaired) electrons. The Hall–Kier alpha value is -0.654. The van der Waals surface area contributed by atoms with Crippen LogP contribution >= 0.6 is 0 Å².